The second-order valence-electron chi connectivity index (χ2n) is 5.32. The van der Waals surface area contributed by atoms with E-state index in [1.165, 1.54) is 13.2 Å². The van der Waals surface area contributed by atoms with Gasteiger partial charge in [0.25, 0.3) is 0 Å². The Morgan fingerprint density at radius 1 is 1.17 bits per heavy atom. The van der Waals surface area contributed by atoms with E-state index >= 15 is 0 Å². The Labute approximate surface area is 107 Å². The lowest BCUT2D eigenvalue weighted by Crippen LogP contribution is -2.41. The van der Waals surface area contributed by atoms with Crippen LogP contribution in [0.25, 0.3) is 0 Å². The maximum absolute atomic E-state index is 13.1. The lowest BCUT2D eigenvalue weighted by molar-refractivity contribution is 0.00578. The number of pyridine rings is 1. The number of hydrogen-bond donors (Lipinski definition) is 0. The van der Waals surface area contributed by atoms with Gasteiger partial charge in [0.15, 0.2) is 0 Å². The van der Waals surface area contributed by atoms with Crippen LogP contribution in [-0.2, 0) is 9.31 Å². The molecule has 0 amide bonds. The van der Waals surface area contributed by atoms with Crippen molar-refractivity contribution in [3.8, 4) is 5.88 Å². The van der Waals surface area contributed by atoms with E-state index in [1.54, 1.807) is 6.07 Å². The molecule has 0 atom stereocenters. The molecular formula is C12H17BFNO3. The van der Waals surface area contributed by atoms with Crippen molar-refractivity contribution in [3.63, 3.8) is 0 Å². The summed E-state index contributed by atoms with van der Waals surface area (Å²) in [7, 11) is 0.842. The average Bonchev–Trinajstić information content (AvgIpc) is 2.47. The van der Waals surface area contributed by atoms with E-state index in [9.17, 15) is 4.39 Å². The van der Waals surface area contributed by atoms with Crippen molar-refractivity contribution < 1.29 is 18.4 Å². The van der Waals surface area contributed by atoms with Crippen molar-refractivity contribution in [2.45, 2.75) is 38.9 Å². The van der Waals surface area contributed by atoms with Crippen molar-refractivity contribution in [2.75, 3.05) is 7.11 Å². The third-order valence-electron chi connectivity index (χ3n) is 3.56. The first-order valence-electron chi connectivity index (χ1n) is 5.83. The van der Waals surface area contributed by atoms with Gasteiger partial charge in [-0.1, -0.05) is 6.07 Å². The Bertz CT molecular complexity index is 449. The predicted octanol–water partition coefficient (Wildman–Crippen LogP) is 1.53. The average molecular weight is 253 g/mol. The van der Waals surface area contributed by atoms with E-state index in [1.807, 2.05) is 27.7 Å². The van der Waals surface area contributed by atoms with Crippen LogP contribution in [0.2, 0.25) is 0 Å². The van der Waals surface area contributed by atoms with Gasteiger partial charge < -0.3 is 14.0 Å². The van der Waals surface area contributed by atoms with Crippen LogP contribution in [0.4, 0.5) is 4.39 Å². The fourth-order valence-electron chi connectivity index (χ4n) is 1.74. The van der Waals surface area contributed by atoms with E-state index < -0.39 is 24.3 Å². The molecule has 0 spiro atoms. The monoisotopic (exact) mass is 253 g/mol. The van der Waals surface area contributed by atoms with Gasteiger partial charge in [0.05, 0.1) is 18.3 Å². The highest BCUT2D eigenvalue weighted by Gasteiger charge is 2.52. The zero-order valence-corrected chi connectivity index (χ0v) is 11.3. The van der Waals surface area contributed by atoms with E-state index in [-0.39, 0.29) is 5.88 Å². The topological polar surface area (TPSA) is 40.6 Å². The Morgan fingerprint density at radius 2 is 1.72 bits per heavy atom. The minimum absolute atomic E-state index is 0.188. The van der Waals surface area contributed by atoms with Crippen LogP contribution >= 0.6 is 0 Å². The molecule has 0 aromatic carbocycles. The van der Waals surface area contributed by atoms with E-state index in [0.717, 1.165) is 0 Å². The number of halogens is 1. The molecule has 1 saturated heterocycles. The maximum Gasteiger partial charge on any atom is 0.500 e. The molecular weight excluding hydrogens is 236 g/mol. The zero-order chi connectivity index (χ0) is 13.6. The molecule has 0 aliphatic carbocycles. The summed E-state index contributed by atoms with van der Waals surface area (Å²) in [5, 5.41) is 0. The normalized spacial score (nSPS) is 21.1. The third-order valence-corrected chi connectivity index (χ3v) is 3.56. The summed E-state index contributed by atoms with van der Waals surface area (Å²) in [5.74, 6) is -0.402. The van der Waals surface area contributed by atoms with Crippen LogP contribution in [0, 0.1) is 5.95 Å². The first-order chi connectivity index (χ1) is 8.27. The molecule has 18 heavy (non-hydrogen) atoms. The van der Waals surface area contributed by atoms with Gasteiger partial charge in [0.2, 0.25) is 11.8 Å². The summed E-state index contributed by atoms with van der Waals surface area (Å²) in [5.41, 5.74) is -0.300. The predicted molar refractivity (Wildman–Crippen MR) is 66.5 cm³/mol. The molecule has 0 bridgehead atoms. The molecule has 6 heteroatoms. The van der Waals surface area contributed by atoms with E-state index in [4.69, 9.17) is 14.0 Å². The highest BCUT2D eigenvalue weighted by Crippen LogP contribution is 2.36. The third kappa shape index (κ3) is 2.10. The Hall–Kier alpha value is -1.14. The van der Waals surface area contributed by atoms with Gasteiger partial charge in [-0.05, 0) is 33.8 Å². The van der Waals surface area contributed by atoms with Crippen LogP contribution < -0.4 is 10.2 Å². The van der Waals surface area contributed by atoms with Gasteiger partial charge in [0.1, 0.15) is 0 Å². The van der Waals surface area contributed by atoms with Gasteiger partial charge in [-0.2, -0.15) is 9.37 Å². The minimum Gasteiger partial charge on any atom is -0.481 e. The largest absolute Gasteiger partial charge is 0.500 e. The van der Waals surface area contributed by atoms with Crippen molar-refractivity contribution in [2.24, 2.45) is 0 Å². The smallest absolute Gasteiger partial charge is 0.481 e. The van der Waals surface area contributed by atoms with Crippen LogP contribution in [-0.4, -0.2) is 30.4 Å². The standard InChI is InChI=1S/C12H17BFNO3/c1-11(2)12(3,4)18-13(17-11)8-6-7-9(14)15-10(8)16-5/h6-7H,1-5H3. The fraction of sp³-hybridized carbons (Fsp3) is 0.583. The van der Waals surface area contributed by atoms with Crippen molar-refractivity contribution in [1.82, 2.24) is 4.98 Å². The molecule has 0 saturated carbocycles. The molecule has 4 nitrogen and oxygen atoms in total. The summed E-state index contributed by atoms with van der Waals surface area (Å²) in [6.07, 6.45) is 0. The molecule has 0 radical (unpaired) electrons. The van der Waals surface area contributed by atoms with Crippen LogP contribution in [0.5, 0.6) is 5.88 Å². The Balaban J connectivity index is 2.35. The van der Waals surface area contributed by atoms with Gasteiger partial charge >= 0.3 is 7.12 Å². The quantitative estimate of drug-likeness (QED) is 0.592. The first kappa shape index (κ1) is 13.3. The van der Waals surface area contributed by atoms with Crippen molar-refractivity contribution in [1.29, 1.82) is 0 Å². The fourth-order valence-corrected chi connectivity index (χ4v) is 1.74. The number of aromatic nitrogens is 1. The molecule has 1 aromatic rings. The van der Waals surface area contributed by atoms with Gasteiger partial charge in [0, 0.05) is 5.46 Å². The summed E-state index contributed by atoms with van der Waals surface area (Å²) < 4.78 is 29.9. The molecule has 1 aromatic heterocycles. The van der Waals surface area contributed by atoms with Crippen LogP contribution in [0.3, 0.4) is 0 Å². The number of methoxy groups -OCH3 is 1. The second kappa shape index (κ2) is 4.21. The SMILES string of the molecule is COc1nc(F)ccc1B1OC(C)(C)C(C)(C)O1. The van der Waals surface area contributed by atoms with E-state index in [0.29, 0.717) is 5.46 Å². The molecule has 1 fully saturated rings. The van der Waals surface area contributed by atoms with Crippen molar-refractivity contribution in [3.05, 3.63) is 18.1 Å². The number of nitrogens with zero attached hydrogens (tertiary/aromatic N) is 1. The van der Waals surface area contributed by atoms with Gasteiger partial charge in [-0.3, -0.25) is 0 Å². The molecule has 1 aliphatic rings. The number of ether oxygens (including phenoxy) is 1. The lowest BCUT2D eigenvalue weighted by atomic mass is 9.80. The highest BCUT2D eigenvalue weighted by atomic mass is 19.1. The molecule has 2 heterocycles. The van der Waals surface area contributed by atoms with Crippen molar-refractivity contribution >= 4 is 12.6 Å². The highest BCUT2D eigenvalue weighted by molar-refractivity contribution is 6.63. The molecule has 0 N–H and O–H groups in total. The van der Waals surface area contributed by atoms with E-state index in [2.05, 4.69) is 4.98 Å². The second-order valence-corrected chi connectivity index (χ2v) is 5.32. The Morgan fingerprint density at radius 3 is 2.22 bits per heavy atom. The lowest BCUT2D eigenvalue weighted by Gasteiger charge is -2.32. The minimum atomic E-state index is -0.599. The summed E-state index contributed by atoms with van der Waals surface area (Å²) in [4.78, 5) is 3.68. The molecule has 98 valence electrons. The molecule has 1 aliphatic heterocycles. The summed E-state index contributed by atoms with van der Waals surface area (Å²) in [6, 6.07) is 2.84. The first-order valence-corrected chi connectivity index (χ1v) is 5.83. The zero-order valence-electron chi connectivity index (χ0n) is 11.3. The van der Waals surface area contributed by atoms with Gasteiger partial charge in [-0.15, -0.1) is 0 Å². The molecule has 0 unspecified atom stereocenters. The van der Waals surface area contributed by atoms with Crippen LogP contribution in [0.15, 0.2) is 12.1 Å². The van der Waals surface area contributed by atoms with Gasteiger partial charge in [-0.25, -0.2) is 0 Å². The maximum atomic E-state index is 13.1. The summed E-state index contributed by atoms with van der Waals surface area (Å²) in [6.45, 7) is 7.82. The molecule has 2 rings (SSSR count). The van der Waals surface area contributed by atoms with Crippen LogP contribution in [0.1, 0.15) is 27.7 Å². The summed E-state index contributed by atoms with van der Waals surface area (Å²) >= 11 is 0. The Kier molecular flexibility index (Phi) is 3.11. The number of hydrogen-bond acceptors (Lipinski definition) is 4. The number of rotatable bonds is 2.